The number of benzene rings is 2. The predicted molar refractivity (Wildman–Crippen MR) is 89.1 cm³/mol. The highest BCUT2D eigenvalue weighted by Gasteiger charge is 2.13. The molecule has 0 saturated heterocycles. The van der Waals surface area contributed by atoms with E-state index in [4.69, 9.17) is 18.1 Å². The van der Waals surface area contributed by atoms with E-state index in [0.717, 1.165) is 5.56 Å². The molecule has 0 aliphatic heterocycles. The van der Waals surface area contributed by atoms with Crippen LogP contribution in [0.15, 0.2) is 54.6 Å². The predicted octanol–water partition coefficient (Wildman–Crippen LogP) is 2.61. The van der Waals surface area contributed by atoms with Crippen molar-refractivity contribution in [1.82, 2.24) is 5.01 Å². The molecule has 0 fully saturated rings. The largest absolute Gasteiger partial charge is 0.331 e. The van der Waals surface area contributed by atoms with Crippen LogP contribution in [0.5, 0.6) is 0 Å². The highest BCUT2D eigenvalue weighted by Crippen LogP contribution is 2.18. The van der Waals surface area contributed by atoms with Crippen LogP contribution in [0.2, 0.25) is 0 Å². The zero-order valence-corrected chi connectivity index (χ0v) is 12.6. The molecule has 0 saturated carbocycles. The summed E-state index contributed by atoms with van der Waals surface area (Å²) < 4.78 is 0. The van der Waals surface area contributed by atoms with E-state index in [-0.39, 0.29) is 5.78 Å². The topological polar surface area (TPSA) is 58.4 Å². The van der Waals surface area contributed by atoms with Crippen LogP contribution >= 0.6 is 12.2 Å². The van der Waals surface area contributed by atoms with Crippen molar-refractivity contribution in [2.24, 2.45) is 5.84 Å². The lowest BCUT2D eigenvalue weighted by Crippen LogP contribution is -2.37. The van der Waals surface area contributed by atoms with E-state index in [1.807, 2.05) is 48.5 Å². The number of hydrogen-bond donors (Lipinski definition) is 2. The Kier molecular flexibility index (Phi) is 5.03. The minimum atomic E-state index is 0.0341. The zero-order chi connectivity index (χ0) is 15.2. The van der Waals surface area contributed by atoms with Gasteiger partial charge in [-0.05, 0) is 29.9 Å². The molecular weight excluding hydrogens is 282 g/mol. The van der Waals surface area contributed by atoms with E-state index < -0.39 is 0 Å². The minimum Gasteiger partial charge on any atom is -0.331 e. The fraction of sp³-hybridized carbons (Fsp3) is 0.125. The monoisotopic (exact) mass is 299 g/mol. The van der Waals surface area contributed by atoms with Gasteiger partial charge in [0.25, 0.3) is 0 Å². The molecule has 4 nitrogen and oxygen atoms in total. The number of para-hydroxylation sites is 1. The van der Waals surface area contributed by atoms with Gasteiger partial charge in [-0.1, -0.05) is 42.5 Å². The Morgan fingerprint density at radius 1 is 1.14 bits per heavy atom. The van der Waals surface area contributed by atoms with E-state index in [2.05, 4.69) is 5.32 Å². The van der Waals surface area contributed by atoms with Crippen molar-refractivity contribution in [1.29, 1.82) is 0 Å². The number of ketones is 1. The molecule has 2 aromatic rings. The molecule has 0 bridgehead atoms. The Morgan fingerprint density at radius 2 is 1.76 bits per heavy atom. The molecule has 0 unspecified atom stereocenters. The zero-order valence-electron chi connectivity index (χ0n) is 11.7. The molecule has 2 rings (SSSR count). The second kappa shape index (κ2) is 6.97. The molecule has 0 spiro atoms. The molecule has 108 valence electrons. The number of Topliss-reactive ketones (excluding diaryl/α,β-unsaturated/α-hetero) is 1. The van der Waals surface area contributed by atoms with Crippen LogP contribution < -0.4 is 11.2 Å². The summed E-state index contributed by atoms with van der Waals surface area (Å²) in [6, 6.07) is 16.9. The van der Waals surface area contributed by atoms with Crippen LogP contribution in [-0.4, -0.2) is 23.0 Å². The normalized spacial score (nSPS) is 10.0. The summed E-state index contributed by atoms with van der Waals surface area (Å²) in [7, 11) is 1.64. The van der Waals surface area contributed by atoms with Crippen molar-refractivity contribution in [2.45, 2.75) is 6.42 Å². The highest BCUT2D eigenvalue weighted by molar-refractivity contribution is 7.80. The van der Waals surface area contributed by atoms with E-state index in [1.54, 1.807) is 13.1 Å². The number of hydrogen-bond acceptors (Lipinski definition) is 3. The number of rotatable bonds is 4. The first-order valence-electron chi connectivity index (χ1n) is 6.53. The van der Waals surface area contributed by atoms with Crippen LogP contribution in [0.3, 0.4) is 0 Å². The Hall–Kier alpha value is -2.24. The van der Waals surface area contributed by atoms with Crippen molar-refractivity contribution in [3.8, 4) is 0 Å². The first kappa shape index (κ1) is 15.2. The van der Waals surface area contributed by atoms with E-state index >= 15 is 0 Å². The van der Waals surface area contributed by atoms with Crippen molar-refractivity contribution in [3.05, 3.63) is 65.7 Å². The van der Waals surface area contributed by atoms with Gasteiger partial charge in [-0.15, -0.1) is 0 Å². The van der Waals surface area contributed by atoms with E-state index in [0.29, 0.717) is 22.8 Å². The lowest BCUT2D eigenvalue weighted by atomic mass is 10.0. The van der Waals surface area contributed by atoms with Crippen molar-refractivity contribution < 1.29 is 4.79 Å². The van der Waals surface area contributed by atoms with Gasteiger partial charge >= 0.3 is 0 Å². The number of carbonyl (C=O) groups excluding carboxylic acids is 1. The van der Waals surface area contributed by atoms with Crippen LogP contribution in [0.1, 0.15) is 15.9 Å². The second-order valence-corrected chi connectivity index (χ2v) is 5.06. The lowest BCUT2D eigenvalue weighted by molar-refractivity contribution is 0.0994. The van der Waals surface area contributed by atoms with Crippen LogP contribution in [0, 0.1) is 0 Å². The SMILES string of the molecule is CN(N)C(=S)Nc1ccccc1C(=O)Cc1ccccc1. The fourth-order valence-electron chi connectivity index (χ4n) is 1.92. The average Bonchev–Trinajstić information content (AvgIpc) is 2.48. The van der Waals surface area contributed by atoms with Gasteiger partial charge in [0.05, 0.1) is 5.69 Å². The summed E-state index contributed by atoms with van der Waals surface area (Å²) in [4.78, 5) is 12.5. The number of hydrazine groups is 1. The van der Waals surface area contributed by atoms with Crippen LogP contribution in [0.25, 0.3) is 0 Å². The third-order valence-corrected chi connectivity index (χ3v) is 3.39. The average molecular weight is 299 g/mol. The standard InChI is InChI=1S/C16H17N3OS/c1-19(17)16(21)18-14-10-6-5-9-13(14)15(20)11-12-7-3-2-4-8-12/h2-10H,11,17H2,1H3,(H,18,21). The van der Waals surface area contributed by atoms with E-state index in [1.165, 1.54) is 5.01 Å². The maximum absolute atomic E-state index is 12.5. The summed E-state index contributed by atoms with van der Waals surface area (Å²) >= 11 is 5.11. The molecule has 0 amide bonds. The molecule has 3 N–H and O–H groups in total. The molecule has 0 aromatic heterocycles. The van der Waals surface area contributed by atoms with Gasteiger partial charge in [0.15, 0.2) is 10.9 Å². The lowest BCUT2D eigenvalue weighted by Gasteiger charge is -2.17. The molecule has 5 heteroatoms. The third kappa shape index (κ3) is 4.11. The van der Waals surface area contributed by atoms with Gasteiger partial charge in [0.1, 0.15) is 0 Å². The maximum atomic E-state index is 12.5. The first-order valence-corrected chi connectivity index (χ1v) is 6.94. The van der Waals surface area contributed by atoms with Gasteiger partial charge in [0.2, 0.25) is 0 Å². The molecule has 0 aliphatic carbocycles. The Morgan fingerprint density at radius 3 is 2.43 bits per heavy atom. The number of nitrogens with two attached hydrogens (primary N) is 1. The number of carbonyl (C=O) groups is 1. The van der Waals surface area contributed by atoms with Gasteiger partial charge in [-0.3, -0.25) is 9.80 Å². The number of anilines is 1. The number of nitrogens with one attached hydrogen (secondary N) is 1. The molecule has 21 heavy (non-hydrogen) atoms. The number of nitrogens with zero attached hydrogens (tertiary/aromatic N) is 1. The van der Waals surface area contributed by atoms with Crippen LogP contribution in [0.4, 0.5) is 5.69 Å². The number of thiocarbonyl (C=S) groups is 1. The summed E-state index contributed by atoms with van der Waals surface area (Å²) in [6.45, 7) is 0. The molecule has 2 aromatic carbocycles. The molecule has 0 aliphatic rings. The molecule has 0 heterocycles. The summed E-state index contributed by atoms with van der Waals surface area (Å²) in [5.41, 5.74) is 2.25. The highest BCUT2D eigenvalue weighted by atomic mass is 32.1. The molecule has 0 radical (unpaired) electrons. The summed E-state index contributed by atoms with van der Waals surface area (Å²) in [5, 5.41) is 4.64. The van der Waals surface area contributed by atoms with Gasteiger partial charge < -0.3 is 5.32 Å². The van der Waals surface area contributed by atoms with Crippen molar-refractivity contribution in [3.63, 3.8) is 0 Å². The van der Waals surface area contributed by atoms with Crippen LogP contribution in [-0.2, 0) is 6.42 Å². The smallest absolute Gasteiger partial charge is 0.187 e. The van der Waals surface area contributed by atoms with Gasteiger partial charge in [-0.2, -0.15) is 0 Å². The minimum absolute atomic E-state index is 0.0341. The third-order valence-electron chi connectivity index (χ3n) is 3.00. The maximum Gasteiger partial charge on any atom is 0.187 e. The Balaban J connectivity index is 2.19. The molecule has 0 atom stereocenters. The fourth-order valence-corrected chi connectivity index (χ4v) is 2.03. The van der Waals surface area contributed by atoms with Crippen molar-refractivity contribution >= 4 is 28.8 Å². The quantitative estimate of drug-likeness (QED) is 0.393. The van der Waals surface area contributed by atoms with E-state index in [9.17, 15) is 4.79 Å². The van der Waals surface area contributed by atoms with Crippen molar-refractivity contribution in [2.75, 3.05) is 12.4 Å². The Bertz CT molecular complexity index is 641. The Labute approximate surface area is 129 Å². The summed E-state index contributed by atoms with van der Waals surface area (Å²) in [5.74, 6) is 5.61. The molecular formula is C16H17N3OS. The van der Waals surface area contributed by atoms with Gasteiger partial charge in [-0.25, -0.2) is 5.84 Å². The first-order chi connectivity index (χ1) is 10.1. The summed E-state index contributed by atoms with van der Waals surface area (Å²) in [6.07, 6.45) is 0.352. The second-order valence-electron chi connectivity index (χ2n) is 4.67. The van der Waals surface area contributed by atoms with Gasteiger partial charge in [0, 0.05) is 19.0 Å².